The summed E-state index contributed by atoms with van der Waals surface area (Å²) < 4.78 is 2.14. The first-order valence-corrected chi connectivity index (χ1v) is 8.23. The summed E-state index contributed by atoms with van der Waals surface area (Å²) in [5, 5.41) is 18.4. The molecule has 0 aliphatic carbocycles. The van der Waals surface area contributed by atoms with Crippen LogP contribution < -0.4 is 5.73 Å². The minimum atomic E-state index is 0.143. The van der Waals surface area contributed by atoms with Gasteiger partial charge in [0, 0.05) is 17.9 Å². The van der Waals surface area contributed by atoms with Crippen LogP contribution in [0.2, 0.25) is 0 Å². The summed E-state index contributed by atoms with van der Waals surface area (Å²) in [4.78, 5) is 0. The first kappa shape index (κ1) is 15.9. The van der Waals surface area contributed by atoms with Gasteiger partial charge < -0.3 is 15.4 Å². The Balaban J connectivity index is 2.19. The van der Waals surface area contributed by atoms with E-state index >= 15 is 0 Å². The van der Waals surface area contributed by atoms with Crippen LogP contribution in [0, 0.1) is 0 Å². The number of benzene rings is 1. The fourth-order valence-electron chi connectivity index (χ4n) is 2.05. The number of hydrogen-bond donors (Lipinski definition) is 2. The molecule has 0 radical (unpaired) electrons. The predicted octanol–water partition coefficient (Wildman–Crippen LogP) is 2.34. The van der Waals surface area contributed by atoms with Gasteiger partial charge in [0.1, 0.15) is 5.82 Å². The molecule has 0 aliphatic heterocycles. The van der Waals surface area contributed by atoms with Gasteiger partial charge >= 0.3 is 0 Å². The number of nitrogen functional groups attached to an aromatic ring is 1. The molecule has 1 heterocycles. The highest BCUT2D eigenvalue weighted by molar-refractivity contribution is 7.99. The number of rotatable bonds is 8. The number of unbranched alkanes of at least 4 members (excludes halogenated alkanes) is 1. The molecule has 5 nitrogen and oxygen atoms in total. The third-order valence-electron chi connectivity index (χ3n) is 3.19. The predicted molar refractivity (Wildman–Crippen MR) is 86.4 cm³/mol. The van der Waals surface area contributed by atoms with Crippen LogP contribution in [-0.4, -0.2) is 32.2 Å². The lowest BCUT2D eigenvalue weighted by molar-refractivity contribution is 0.322. The van der Waals surface area contributed by atoms with Gasteiger partial charge in [0.15, 0.2) is 5.16 Å². The van der Waals surface area contributed by atoms with Crippen molar-refractivity contribution in [3.63, 3.8) is 0 Å². The fraction of sp³-hybridized carbons (Fsp3) is 0.467. The second-order valence-corrected chi connectivity index (χ2v) is 5.96. The number of aliphatic hydroxyl groups is 1. The Hall–Kier alpha value is -1.53. The smallest absolute Gasteiger partial charge is 0.191 e. The maximum atomic E-state index is 8.99. The normalized spacial score (nSPS) is 11.0. The zero-order chi connectivity index (χ0) is 15.1. The molecule has 2 aromatic rings. The van der Waals surface area contributed by atoms with E-state index in [1.165, 1.54) is 17.3 Å². The van der Waals surface area contributed by atoms with Crippen molar-refractivity contribution in [2.75, 3.05) is 18.1 Å². The van der Waals surface area contributed by atoms with Crippen molar-refractivity contribution in [3.05, 3.63) is 35.7 Å². The van der Waals surface area contributed by atoms with E-state index in [4.69, 9.17) is 10.8 Å². The third kappa shape index (κ3) is 4.47. The molecule has 1 aromatic carbocycles. The van der Waals surface area contributed by atoms with Gasteiger partial charge in [-0.25, -0.2) is 0 Å². The van der Waals surface area contributed by atoms with Crippen LogP contribution in [0.5, 0.6) is 0 Å². The van der Waals surface area contributed by atoms with Gasteiger partial charge in [-0.1, -0.05) is 37.2 Å². The zero-order valence-electron chi connectivity index (χ0n) is 12.3. The van der Waals surface area contributed by atoms with Crippen LogP contribution in [0.4, 0.5) is 5.69 Å². The van der Waals surface area contributed by atoms with Crippen molar-refractivity contribution >= 4 is 17.4 Å². The molecule has 3 N–H and O–H groups in total. The number of nitrogens with zero attached hydrogens (tertiary/aromatic N) is 3. The first-order valence-electron chi connectivity index (χ1n) is 7.24. The average molecular weight is 306 g/mol. The molecule has 0 bridgehead atoms. The maximum absolute atomic E-state index is 8.99. The van der Waals surface area contributed by atoms with Gasteiger partial charge in [-0.15, -0.1) is 10.2 Å². The Morgan fingerprint density at radius 1 is 1.24 bits per heavy atom. The highest BCUT2D eigenvalue weighted by Gasteiger charge is 2.12. The van der Waals surface area contributed by atoms with Gasteiger partial charge in [0.25, 0.3) is 0 Å². The number of aryl methyl sites for hydroxylation is 1. The molecule has 0 spiro atoms. The van der Waals surface area contributed by atoms with E-state index in [0.717, 1.165) is 42.5 Å². The molecular weight excluding hydrogens is 284 g/mol. The van der Waals surface area contributed by atoms with Gasteiger partial charge in [0.05, 0.1) is 13.2 Å². The number of aromatic nitrogens is 3. The third-order valence-corrected chi connectivity index (χ3v) is 4.14. The maximum Gasteiger partial charge on any atom is 0.191 e. The topological polar surface area (TPSA) is 77.0 Å². The largest absolute Gasteiger partial charge is 0.399 e. The number of nitrogens with two attached hydrogens (primary N) is 1. The van der Waals surface area contributed by atoms with Crippen LogP contribution in [0.25, 0.3) is 0 Å². The van der Waals surface area contributed by atoms with E-state index in [9.17, 15) is 0 Å². The van der Waals surface area contributed by atoms with Crippen LogP contribution in [0.15, 0.2) is 29.4 Å². The van der Waals surface area contributed by atoms with Gasteiger partial charge in [-0.3, -0.25) is 0 Å². The zero-order valence-corrected chi connectivity index (χ0v) is 13.1. The Morgan fingerprint density at radius 2 is 2.00 bits per heavy atom. The van der Waals surface area contributed by atoms with Crippen LogP contribution >= 0.6 is 11.8 Å². The van der Waals surface area contributed by atoms with E-state index in [2.05, 4.69) is 21.7 Å². The standard InChI is InChI=1S/C15H22N4OS/c1-2-3-4-14-17-18-15(21-10-9-20)19(14)11-12-5-7-13(16)8-6-12/h5-8,20H,2-4,9-11,16H2,1H3. The molecule has 6 heteroatoms. The molecule has 114 valence electrons. The number of thioether (sulfide) groups is 1. The molecule has 0 amide bonds. The Kier molecular flexibility index (Phi) is 6.07. The summed E-state index contributed by atoms with van der Waals surface area (Å²) in [5.74, 6) is 1.64. The Labute approximate surface area is 129 Å². The quantitative estimate of drug-likeness (QED) is 0.578. The van der Waals surface area contributed by atoms with E-state index in [1.54, 1.807) is 0 Å². The average Bonchev–Trinajstić information content (AvgIpc) is 2.87. The minimum absolute atomic E-state index is 0.143. The first-order chi connectivity index (χ1) is 10.2. The van der Waals surface area contributed by atoms with Crippen LogP contribution in [0.3, 0.4) is 0 Å². The fourth-order valence-corrected chi connectivity index (χ4v) is 2.75. The van der Waals surface area contributed by atoms with E-state index in [0.29, 0.717) is 5.75 Å². The van der Waals surface area contributed by atoms with Gasteiger partial charge in [-0.2, -0.15) is 0 Å². The Morgan fingerprint density at radius 3 is 2.67 bits per heavy atom. The molecule has 0 saturated carbocycles. The van der Waals surface area contributed by atoms with Crippen LogP contribution in [-0.2, 0) is 13.0 Å². The van der Waals surface area contributed by atoms with Crippen molar-refractivity contribution < 1.29 is 5.11 Å². The van der Waals surface area contributed by atoms with Crippen molar-refractivity contribution in [1.82, 2.24) is 14.8 Å². The highest BCUT2D eigenvalue weighted by Crippen LogP contribution is 2.20. The second-order valence-electron chi connectivity index (χ2n) is 4.90. The monoisotopic (exact) mass is 306 g/mol. The van der Waals surface area contributed by atoms with E-state index < -0.39 is 0 Å². The van der Waals surface area contributed by atoms with E-state index in [1.807, 2.05) is 24.3 Å². The summed E-state index contributed by atoms with van der Waals surface area (Å²) in [6, 6.07) is 7.87. The molecular formula is C15H22N4OS. The van der Waals surface area contributed by atoms with Crippen LogP contribution in [0.1, 0.15) is 31.2 Å². The molecule has 21 heavy (non-hydrogen) atoms. The van der Waals surface area contributed by atoms with E-state index in [-0.39, 0.29) is 6.61 Å². The van der Waals surface area contributed by atoms with Gasteiger partial charge in [-0.05, 0) is 24.1 Å². The van der Waals surface area contributed by atoms with Crippen molar-refractivity contribution in [2.24, 2.45) is 0 Å². The van der Waals surface area contributed by atoms with Crippen molar-refractivity contribution in [3.8, 4) is 0 Å². The van der Waals surface area contributed by atoms with Crippen molar-refractivity contribution in [1.29, 1.82) is 0 Å². The Bertz CT molecular complexity index is 528. The lowest BCUT2D eigenvalue weighted by Gasteiger charge is -2.10. The summed E-state index contributed by atoms with van der Waals surface area (Å²) in [6.45, 7) is 3.05. The number of hydrogen-bond acceptors (Lipinski definition) is 5. The van der Waals surface area contributed by atoms with Crippen molar-refractivity contribution in [2.45, 2.75) is 37.9 Å². The molecule has 2 rings (SSSR count). The SMILES string of the molecule is CCCCc1nnc(SCCO)n1Cc1ccc(N)cc1. The number of aliphatic hydroxyl groups excluding tert-OH is 1. The highest BCUT2D eigenvalue weighted by atomic mass is 32.2. The second kappa shape index (κ2) is 8.05. The number of anilines is 1. The molecule has 0 unspecified atom stereocenters. The molecule has 0 atom stereocenters. The lowest BCUT2D eigenvalue weighted by atomic mass is 10.2. The summed E-state index contributed by atoms with van der Waals surface area (Å²) >= 11 is 1.54. The lowest BCUT2D eigenvalue weighted by Crippen LogP contribution is -2.07. The summed E-state index contributed by atoms with van der Waals surface area (Å²) in [7, 11) is 0. The summed E-state index contributed by atoms with van der Waals surface area (Å²) in [5.41, 5.74) is 7.67. The summed E-state index contributed by atoms with van der Waals surface area (Å²) in [6.07, 6.45) is 3.16. The molecule has 1 aromatic heterocycles. The minimum Gasteiger partial charge on any atom is -0.399 e. The molecule has 0 aliphatic rings. The molecule has 0 saturated heterocycles. The molecule has 0 fully saturated rings. The van der Waals surface area contributed by atoms with Gasteiger partial charge in [0.2, 0.25) is 0 Å².